The highest BCUT2D eigenvalue weighted by molar-refractivity contribution is 7.87. The molecular formula is C11H21N3O2S. The molecule has 0 aromatic rings. The quantitative estimate of drug-likeness (QED) is 0.829. The summed E-state index contributed by atoms with van der Waals surface area (Å²) in [6.07, 6.45) is 4.09. The molecule has 0 atom stereocenters. The van der Waals surface area contributed by atoms with Crippen molar-refractivity contribution in [2.45, 2.75) is 57.5 Å². The molecule has 0 amide bonds. The van der Waals surface area contributed by atoms with Crippen LogP contribution >= 0.6 is 0 Å². The van der Waals surface area contributed by atoms with Crippen LogP contribution in [-0.4, -0.2) is 31.4 Å². The third-order valence-electron chi connectivity index (χ3n) is 3.35. The predicted octanol–water partition coefficient (Wildman–Crippen LogP) is 1.39. The molecule has 0 heterocycles. The van der Waals surface area contributed by atoms with Gasteiger partial charge in [0.05, 0.1) is 6.07 Å². The van der Waals surface area contributed by atoms with Crippen LogP contribution in [0.1, 0.15) is 46.0 Å². The Morgan fingerprint density at radius 3 is 2.24 bits per heavy atom. The summed E-state index contributed by atoms with van der Waals surface area (Å²) in [6.45, 7) is 3.61. The summed E-state index contributed by atoms with van der Waals surface area (Å²) in [4.78, 5) is 0. The van der Waals surface area contributed by atoms with E-state index in [-0.39, 0.29) is 6.04 Å². The van der Waals surface area contributed by atoms with Crippen LogP contribution in [0.5, 0.6) is 0 Å². The van der Waals surface area contributed by atoms with Crippen LogP contribution < -0.4 is 4.72 Å². The lowest BCUT2D eigenvalue weighted by Gasteiger charge is -2.33. The third-order valence-corrected chi connectivity index (χ3v) is 5.18. The number of rotatable bonds is 4. The Morgan fingerprint density at radius 2 is 1.82 bits per heavy atom. The van der Waals surface area contributed by atoms with Gasteiger partial charge in [0, 0.05) is 13.1 Å². The summed E-state index contributed by atoms with van der Waals surface area (Å²) in [5.74, 6) is 0. The van der Waals surface area contributed by atoms with Gasteiger partial charge in [-0.2, -0.15) is 22.7 Å². The van der Waals surface area contributed by atoms with E-state index in [0.717, 1.165) is 19.3 Å². The number of hydrogen-bond acceptors (Lipinski definition) is 3. The first-order valence-electron chi connectivity index (χ1n) is 6.01. The predicted molar refractivity (Wildman–Crippen MR) is 66.4 cm³/mol. The highest BCUT2D eigenvalue weighted by Crippen LogP contribution is 2.28. The molecule has 0 aromatic carbocycles. The number of hydrogen-bond donors (Lipinski definition) is 1. The van der Waals surface area contributed by atoms with Crippen LogP contribution in [0, 0.1) is 11.3 Å². The summed E-state index contributed by atoms with van der Waals surface area (Å²) >= 11 is 0. The summed E-state index contributed by atoms with van der Waals surface area (Å²) in [5.41, 5.74) is -0.903. The van der Waals surface area contributed by atoms with Gasteiger partial charge in [0.15, 0.2) is 0 Å². The van der Waals surface area contributed by atoms with E-state index in [0.29, 0.717) is 12.8 Å². The molecule has 0 spiro atoms. The Kier molecular flexibility index (Phi) is 4.53. The van der Waals surface area contributed by atoms with E-state index in [1.807, 2.05) is 0 Å². The van der Waals surface area contributed by atoms with Crippen molar-refractivity contribution in [3.8, 4) is 6.07 Å². The molecule has 0 bridgehead atoms. The molecule has 5 nitrogen and oxygen atoms in total. The molecule has 1 saturated carbocycles. The van der Waals surface area contributed by atoms with Crippen LogP contribution in [0.4, 0.5) is 0 Å². The van der Waals surface area contributed by atoms with Crippen LogP contribution in [0.2, 0.25) is 0 Å². The van der Waals surface area contributed by atoms with Gasteiger partial charge in [0.25, 0.3) is 10.2 Å². The normalized spacial score (nSPS) is 20.5. The summed E-state index contributed by atoms with van der Waals surface area (Å²) < 4.78 is 28.0. The van der Waals surface area contributed by atoms with Crippen molar-refractivity contribution >= 4 is 10.2 Å². The molecule has 0 unspecified atom stereocenters. The molecule has 1 fully saturated rings. The average molecular weight is 259 g/mol. The van der Waals surface area contributed by atoms with Crippen molar-refractivity contribution < 1.29 is 8.42 Å². The fraction of sp³-hybridized carbons (Fsp3) is 0.909. The lowest BCUT2D eigenvalue weighted by molar-refractivity contribution is 0.320. The molecule has 1 N–H and O–H groups in total. The van der Waals surface area contributed by atoms with E-state index in [9.17, 15) is 13.7 Å². The summed E-state index contributed by atoms with van der Waals surface area (Å²) in [6, 6.07) is 2.03. The molecule has 1 aliphatic rings. The van der Waals surface area contributed by atoms with Crippen LogP contribution in [0.25, 0.3) is 0 Å². The van der Waals surface area contributed by atoms with E-state index >= 15 is 0 Å². The van der Waals surface area contributed by atoms with E-state index in [1.54, 1.807) is 13.8 Å². The number of nitrogens with zero attached hydrogens (tertiary/aromatic N) is 2. The molecule has 0 saturated heterocycles. The van der Waals surface area contributed by atoms with Crippen molar-refractivity contribution in [1.29, 1.82) is 5.26 Å². The monoisotopic (exact) mass is 259 g/mol. The lowest BCUT2D eigenvalue weighted by atomic mass is 9.84. The second-order valence-electron chi connectivity index (χ2n) is 4.97. The van der Waals surface area contributed by atoms with Gasteiger partial charge >= 0.3 is 0 Å². The van der Waals surface area contributed by atoms with Crippen molar-refractivity contribution in [3.05, 3.63) is 0 Å². The average Bonchev–Trinajstić information content (AvgIpc) is 2.28. The van der Waals surface area contributed by atoms with Crippen molar-refractivity contribution in [1.82, 2.24) is 9.03 Å². The molecule has 6 heteroatoms. The summed E-state index contributed by atoms with van der Waals surface area (Å²) in [5, 5.41) is 9.23. The van der Waals surface area contributed by atoms with Gasteiger partial charge in [-0.15, -0.1) is 0 Å². The molecule has 1 rings (SSSR count). The Morgan fingerprint density at radius 1 is 1.29 bits per heavy atom. The first-order valence-corrected chi connectivity index (χ1v) is 7.45. The van der Waals surface area contributed by atoms with Gasteiger partial charge in [-0.05, 0) is 26.7 Å². The minimum Gasteiger partial charge on any atom is -0.196 e. The fourth-order valence-corrected chi connectivity index (χ4v) is 3.43. The van der Waals surface area contributed by atoms with Crippen LogP contribution in [0.15, 0.2) is 0 Å². The molecule has 0 aliphatic heterocycles. The molecule has 1 aliphatic carbocycles. The second kappa shape index (κ2) is 5.34. The standard InChI is InChI=1S/C11H21N3O2S/c1-10(2)14(3)17(15,16)13-11(9-12)7-5-4-6-8-11/h10,13H,4-8H2,1-3H3. The molecule has 98 valence electrons. The molecule has 0 aromatic heterocycles. The van der Waals surface area contributed by atoms with Crippen molar-refractivity contribution in [3.63, 3.8) is 0 Å². The Balaban J connectivity index is 2.85. The zero-order valence-electron chi connectivity index (χ0n) is 10.7. The highest BCUT2D eigenvalue weighted by atomic mass is 32.2. The van der Waals surface area contributed by atoms with Crippen LogP contribution in [-0.2, 0) is 10.2 Å². The van der Waals surface area contributed by atoms with Gasteiger partial charge in [-0.3, -0.25) is 0 Å². The largest absolute Gasteiger partial charge is 0.280 e. The topological polar surface area (TPSA) is 73.2 Å². The number of nitriles is 1. The van der Waals surface area contributed by atoms with Gasteiger partial charge < -0.3 is 0 Å². The zero-order chi connectivity index (χ0) is 13.1. The van der Waals surface area contributed by atoms with E-state index in [2.05, 4.69) is 10.8 Å². The van der Waals surface area contributed by atoms with Crippen LogP contribution in [0.3, 0.4) is 0 Å². The lowest BCUT2D eigenvalue weighted by Crippen LogP contribution is -2.54. The second-order valence-corrected chi connectivity index (χ2v) is 6.70. The Hall–Kier alpha value is -0.640. The van der Waals surface area contributed by atoms with Crippen molar-refractivity contribution in [2.24, 2.45) is 0 Å². The summed E-state index contributed by atoms with van der Waals surface area (Å²) in [7, 11) is -2.04. The van der Waals surface area contributed by atoms with Gasteiger partial charge in [-0.1, -0.05) is 19.3 Å². The maximum absolute atomic E-state index is 12.1. The van der Waals surface area contributed by atoms with Gasteiger partial charge in [0.1, 0.15) is 5.54 Å². The Labute approximate surface area is 104 Å². The SMILES string of the molecule is CC(C)N(C)S(=O)(=O)NC1(C#N)CCCCC1. The first-order chi connectivity index (χ1) is 7.83. The highest BCUT2D eigenvalue weighted by Gasteiger charge is 2.37. The first kappa shape index (κ1) is 14.4. The third kappa shape index (κ3) is 3.41. The minimum atomic E-state index is -3.57. The fourth-order valence-electron chi connectivity index (χ4n) is 1.99. The zero-order valence-corrected chi connectivity index (χ0v) is 11.5. The molecule has 0 radical (unpaired) electrons. The maximum atomic E-state index is 12.1. The van der Waals surface area contributed by atoms with E-state index in [1.165, 1.54) is 11.4 Å². The van der Waals surface area contributed by atoms with E-state index in [4.69, 9.17) is 0 Å². The Bertz CT molecular complexity index is 391. The van der Waals surface area contributed by atoms with Gasteiger partial charge in [0.2, 0.25) is 0 Å². The number of nitrogens with one attached hydrogen (secondary N) is 1. The molecule has 17 heavy (non-hydrogen) atoms. The molecular weight excluding hydrogens is 238 g/mol. The van der Waals surface area contributed by atoms with Crippen molar-refractivity contribution in [2.75, 3.05) is 7.05 Å². The smallest absolute Gasteiger partial charge is 0.196 e. The van der Waals surface area contributed by atoms with E-state index < -0.39 is 15.7 Å². The minimum absolute atomic E-state index is 0.119. The maximum Gasteiger partial charge on any atom is 0.280 e. The van der Waals surface area contributed by atoms with Gasteiger partial charge in [-0.25, -0.2) is 0 Å².